The summed E-state index contributed by atoms with van der Waals surface area (Å²) < 4.78 is 0. The maximum Gasteiger partial charge on any atom is 0.255 e. The van der Waals surface area contributed by atoms with E-state index in [-0.39, 0.29) is 17.2 Å². The van der Waals surface area contributed by atoms with Crippen LogP contribution in [0, 0.1) is 6.92 Å². The number of rotatable bonds is 5. The summed E-state index contributed by atoms with van der Waals surface area (Å²) >= 11 is 1.61. The molecule has 158 valence electrons. The van der Waals surface area contributed by atoms with Crippen LogP contribution in [0.4, 0.5) is 17.1 Å². The zero-order valence-corrected chi connectivity index (χ0v) is 18.6. The Bertz CT molecular complexity index is 1080. The van der Waals surface area contributed by atoms with Gasteiger partial charge in [0.25, 0.3) is 5.91 Å². The van der Waals surface area contributed by atoms with Crippen molar-refractivity contribution in [3.63, 3.8) is 0 Å². The molecule has 1 aliphatic rings. The Hall–Kier alpha value is -3.25. The van der Waals surface area contributed by atoms with Crippen LogP contribution in [-0.4, -0.2) is 31.7 Å². The molecule has 0 saturated carbocycles. The number of carbonyl (C=O) groups is 2. The van der Waals surface area contributed by atoms with E-state index in [2.05, 4.69) is 5.32 Å². The standard InChI is InChI=1S/C25H25N3O2S/c1-17-4-6-18(7-5-17)24(30)26-20-10-8-19(9-11-20)25-28(23(29)16-31-25)22-14-12-21(13-15-22)27(2)3/h4-15,25H,16H2,1-3H3,(H,26,30)/t25-/m1/s1. The Labute approximate surface area is 187 Å². The van der Waals surface area contributed by atoms with Crippen molar-refractivity contribution in [3.8, 4) is 0 Å². The Kier molecular flexibility index (Phi) is 6.00. The molecule has 0 aromatic heterocycles. The van der Waals surface area contributed by atoms with E-state index in [4.69, 9.17) is 0 Å². The van der Waals surface area contributed by atoms with Crippen molar-refractivity contribution in [3.05, 3.63) is 89.5 Å². The Morgan fingerprint density at radius 3 is 2.23 bits per heavy atom. The van der Waals surface area contributed by atoms with Gasteiger partial charge in [-0.3, -0.25) is 14.5 Å². The second-order valence-corrected chi connectivity index (χ2v) is 8.85. The minimum atomic E-state index is -0.138. The van der Waals surface area contributed by atoms with Gasteiger partial charge < -0.3 is 10.2 Å². The zero-order chi connectivity index (χ0) is 22.0. The second-order valence-electron chi connectivity index (χ2n) is 7.78. The van der Waals surface area contributed by atoms with Gasteiger partial charge in [-0.25, -0.2) is 0 Å². The number of hydrogen-bond donors (Lipinski definition) is 1. The monoisotopic (exact) mass is 431 g/mol. The van der Waals surface area contributed by atoms with Crippen LogP contribution in [0.3, 0.4) is 0 Å². The summed E-state index contributed by atoms with van der Waals surface area (Å²) in [5.41, 5.74) is 5.48. The highest BCUT2D eigenvalue weighted by atomic mass is 32.2. The van der Waals surface area contributed by atoms with Crippen LogP contribution < -0.4 is 15.1 Å². The van der Waals surface area contributed by atoms with E-state index in [9.17, 15) is 9.59 Å². The molecule has 0 spiro atoms. The lowest BCUT2D eigenvalue weighted by molar-refractivity contribution is -0.115. The van der Waals surface area contributed by atoms with E-state index < -0.39 is 0 Å². The van der Waals surface area contributed by atoms with Crippen LogP contribution in [0.5, 0.6) is 0 Å². The van der Waals surface area contributed by atoms with Crippen LogP contribution in [0.25, 0.3) is 0 Å². The summed E-state index contributed by atoms with van der Waals surface area (Å²) in [7, 11) is 3.99. The van der Waals surface area contributed by atoms with Crippen molar-refractivity contribution < 1.29 is 9.59 Å². The molecule has 1 aliphatic heterocycles. The van der Waals surface area contributed by atoms with Crippen molar-refractivity contribution in [1.29, 1.82) is 0 Å². The topological polar surface area (TPSA) is 52.7 Å². The molecule has 0 unspecified atom stereocenters. The van der Waals surface area contributed by atoms with Crippen molar-refractivity contribution in [2.75, 3.05) is 35.0 Å². The van der Waals surface area contributed by atoms with Gasteiger partial charge in [-0.15, -0.1) is 11.8 Å². The molecule has 1 fully saturated rings. The number of benzene rings is 3. The molecule has 0 bridgehead atoms. The predicted octanol–water partition coefficient (Wildman–Crippen LogP) is 5.09. The number of anilines is 3. The van der Waals surface area contributed by atoms with Crippen molar-refractivity contribution in [1.82, 2.24) is 0 Å². The highest BCUT2D eigenvalue weighted by Gasteiger charge is 2.34. The largest absolute Gasteiger partial charge is 0.378 e. The Morgan fingerprint density at radius 2 is 1.61 bits per heavy atom. The highest BCUT2D eigenvalue weighted by molar-refractivity contribution is 8.00. The van der Waals surface area contributed by atoms with E-state index in [0.717, 1.165) is 28.2 Å². The number of thioether (sulfide) groups is 1. The quantitative estimate of drug-likeness (QED) is 0.611. The number of carbonyl (C=O) groups excluding carboxylic acids is 2. The highest BCUT2D eigenvalue weighted by Crippen LogP contribution is 2.42. The summed E-state index contributed by atoms with van der Waals surface area (Å²) in [5, 5.41) is 2.85. The van der Waals surface area contributed by atoms with E-state index >= 15 is 0 Å². The average Bonchev–Trinajstić information content (AvgIpc) is 3.16. The van der Waals surface area contributed by atoms with Crippen molar-refractivity contribution in [2.24, 2.45) is 0 Å². The molecule has 1 heterocycles. The van der Waals surface area contributed by atoms with Gasteiger partial charge in [-0.1, -0.05) is 29.8 Å². The number of hydrogen-bond acceptors (Lipinski definition) is 4. The van der Waals surface area contributed by atoms with E-state index in [0.29, 0.717) is 11.3 Å². The molecule has 3 aromatic rings. The maximum absolute atomic E-state index is 12.6. The fraction of sp³-hybridized carbons (Fsp3) is 0.200. The molecule has 4 rings (SSSR count). The summed E-state index contributed by atoms with van der Waals surface area (Å²) in [5.74, 6) is 0.413. The number of amides is 2. The molecule has 0 radical (unpaired) electrons. The first-order valence-corrected chi connectivity index (χ1v) is 11.2. The molecule has 1 N–H and O–H groups in total. The smallest absolute Gasteiger partial charge is 0.255 e. The van der Waals surface area contributed by atoms with Crippen molar-refractivity contribution >= 4 is 40.6 Å². The number of nitrogens with one attached hydrogen (secondary N) is 1. The number of aryl methyl sites for hydroxylation is 1. The lowest BCUT2D eigenvalue weighted by Crippen LogP contribution is -2.27. The van der Waals surface area contributed by atoms with Gasteiger partial charge in [-0.2, -0.15) is 0 Å². The molecule has 2 amide bonds. The van der Waals surface area contributed by atoms with E-state index in [1.54, 1.807) is 11.8 Å². The summed E-state index contributed by atoms with van der Waals surface area (Å²) in [6.07, 6.45) is 0. The van der Waals surface area contributed by atoms with Crippen LogP contribution in [0.1, 0.15) is 26.9 Å². The zero-order valence-electron chi connectivity index (χ0n) is 17.8. The van der Waals surface area contributed by atoms with E-state index in [1.165, 1.54) is 0 Å². The lowest BCUT2D eigenvalue weighted by atomic mass is 10.1. The maximum atomic E-state index is 12.6. The molecule has 5 nitrogen and oxygen atoms in total. The fourth-order valence-electron chi connectivity index (χ4n) is 3.50. The van der Waals surface area contributed by atoms with Crippen LogP contribution in [-0.2, 0) is 4.79 Å². The summed E-state index contributed by atoms with van der Waals surface area (Å²) in [6, 6.07) is 23.2. The summed E-state index contributed by atoms with van der Waals surface area (Å²) in [4.78, 5) is 28.9. The molecule has 0 aliphatic carbocycles. The first-order valence-electron chi connectivity index (χ1n) is 10.1. The summed E-state index contributed by atoms with van der Waals surface area (Å²) in [6.45, 7) is 1.99. The van der Waals surface area contributed by atoms with Gasteiger partial charge in [0.1, 0.15) is 5.37 Å². The van der Waals surface area contributed by atoms with Gasteiger partial charge in [0, 0.05) is 36.7 Å². The van der Waals surface area contributed by atoms with Gasteiger partial charge in [0.05, 0.1) is 5.75 Å². The molecule has 6 heteroatoms. The SMILES string of the molecule is Cc1ccc(C(=O)Nc2ccc([C@H]3SCC(=O)N3c3ccc(N(C)C)cc3)cc2)cc1. The third-order valence-electron chi connectivity index (χ3n) is 5.28. The van der Waals surface area contributed by atoms with Gasteiger partial charge in [0.2, 0.25) is 5.91 Å². The van der Waals surface area contributed by atoms with Crippen LogP contribution >= 0.6 is 11.8 Å². The number of nitrogens with zero attached hydrogens (tertiary/aromatic N) is 2. The average molecular weight is 432 g/mol. The molecular formula is C25H25N3O2S. The van der Waals surface area contributed by atoms with Gasteiger partial charge in [-0.05, 0) is 61.0 Å². The first kappa shape index (κ1) is 21.0. The first-order chi connectivity index (χ1) is 14.9. The second kappa shape index (κ2) is 8.86. The fourth-order valence-corrected chi connectivity index (χ4v) is 4.68. The molecule has 31 heavy (non-hydrogen) atoms. The minimum absolute atomic E-state index is 0.0837. The molecule has 1 atom stereocenters. The predicted molar refractivity (Wildman–Crippen MR) is 129 cm³/mol. The molecular weight excluding hydrogens is 406 g/mol. The third-order valence-corrected chi connectivity index (χ3v) is 6.49. The van der Waals surface area contributed by atoms with Gasteiger partial charge in [0.15, 0.2) is 0 Å². The molecule has 3 aromatic carbocycles. The molecule has 1 saturated heterocycles. The Balaban J connectivity index is 1.50. The lowest BCUT2D eigenvalue weighted by Gasteiger charge is -2.25. The normalized spacial score (nSPS) is 15.8. The third kappa shape index (κ3) is 4.59. The van der Waals surface area contributed by atoms with Crippen molar-refractivity contribution in [2.45, 2.75) is 12.3 Å². The van der Waals surface area contributed by atoms with Gasteiger partial charge >= 0.3 is 0 Å². The Morgan fingerprint density at radius 1 is 0.968 bits per heavy atom. The van der Waals surface area contributed by atoms with Crippen LogP contribution in [0.2, 0.25) is 0 Å². The van der Waals surface area contributed by atoms with E-state index in [1.807, 2.05) is 104 Å². The van der Waals surface area contributed by atoms with Crippen LogP contribution in [0.15, 0.2) is 72.8 Å². The minimum Gasteiger partial charge on any atom is -0.378 e.